The second-order valence-electron chi connectivity index (χ2n) is 6.01. The summed E-state index contributed by atoms with van der Waals surface area (Å²) >= 11 is 0. The third-order valence-corrected chi connectivity index (χ3v) is 4.03. The standard InChI is InChI=1S/C21H16BN3O3/c26-22(27)28-18-13-7-12-17(14-18)21-24-19(15-8-3-1-4-9-15)23-20(25-21)16-10-5-2-6-11-16/h1-14,26-27H. The Hall–Kier alpha value is -3.55. The third kappa shape index (κ3) is 4.06. The van der Waals surface area contributed by atoms with Gasteiger partial charge in [0.25, 0.3) is 0 Å². The van der Waals surface area contributed by atoms with Crippen molar-refractivity contribution in [3.05, 3.63) is 84.9 Å². The highest BCUT2D eigenvalue weighted by atomic mass is 16.6. The lowest BCUT2D eigenvalue weighted by molar-refractivity contribution is 0.288. The second-order valence-corrected chi connectivity index (χ2v) is 6.01. The number of hydrogen-bond acceptors (Lipinski definition) is 6. The Morgan fingerprint density at radius 3 is 1.54 bits per heavy atom. The first-order chi connectivity index (χ1) is 13.7. The molecule has 4 rings (SSSR count). The van der Waals surface area contributed by atoms with E-state index in [1.165, 1.54) is 0 Å². The van der Waals surface area contributed by atoms with Crippen LogP contribution in [-0.2, 0) is 0 Å². The average molecular weight is 369 g/mol. The van der Waals surface area contributed by atoms with Crippen LogP contribution in [-0.4, -0.2) is 32.3 Å². The molecule has 2 N–H and O–H groups in total. The summed E-state index contributed by atoms with van der Waals surface area (Å²) in [5.74, 6) is 1.87. The van der Waals surface area contributed by atoms with Crippen molar-refractivity contribution in [1.82, 2.24) is 15.0 Å². The Bertz CT molecular complexity index is 1020. The summed E-state index contributed by atoms with van der Waals surface area (Å²) < 4.78 is 4.95. The Balaban J connectivity index is 1.85. The van der Waals surface area contributed by atoms with E-state index in [4.69, 9.17) is 14.7 Å². The van der Waals surface area contributed by atoms with Crippen LogP contribution in [0, 0.1) is 0 Å². The van der Waals surface area contributed by atoms with Gasteiger partial charge in [-0.05, 0) is 12.1 Å². The molecule has 0 amide bonds. The molecule has 0 spiro atoms. The largest absolute Gasteiger partial charge is 0.707 e. The van der Waals surface area contributed by atoms with Crippen LogP contribution >= 0.6 is 0 Å². The molecule has 136 valence electrons. The monoisotopic (exact) mass is 369 g/mol. The van der Waals surface area contributed by atoms with Gasteiger partial charge in [-0.1, -0.05) is 72.8 Å². The van der Waals surface area contributed by atoms with Crippen LogP contribution < -0.4 is 4.65 Å². The van der Waals surface area contributed by atoms with E-state index in [1.807, 2.05) is 66.7 Å². The van der Waals surface area contributed by atoms with Gasteiger partial charge in [-0.3, -0.25) is 0 Å². The average Bonchev–Trinajstić information content (AvgIpc) is 2.74. The molecular formula is C21H16BN3O3. The molecule has 0 radical (unpaired) electrons. The summed E-state index contributed by atoms with van der Waals surface area (Å²) in [7, 11) is -1.90. The van der Waals surface area contributed by atoms with Gasteiger partial charge in [-0.25, -0.2) is 15.0 Å². The van der Waals surface area contributed by atoms with Gasteiger partial charge in [0.15, 0.2) is 17.5 Å². The number of benzene rings is 3. The number of aromatic nitrogens is 3. The van der Waals surface area contributed by atoms with Crippen molar-refractivity contribution in [3.8, 4) is 39.9 Å². The van der Waals surface area contributed by atoms with Crippen molar-refractivity contribution in [3.63, 3.8) is 0 Å². The van der Waals surface area contributed by atoms with Gasteiger partial charge in [0.2, 0.25) is 0 Å². The fourth-order valence-electron chi connectivity index (χ4n) is 2.77. The van der Waals surface area contributed by atoms with E-state index in [1.54, 1.807) is 18.2 Å². The maximum Gasteiger partial charge on any atom is 0.707 e. The lowest BCUT2D eigenvalue weighted by atomic mass is 10.1. The second kappa shape index (κ2) is 8.00. The van der Waals surface area contributed by atoms with Crippen LogP contribution in [0.4, 0.5) is 0 Å². The van der Waals surface area contributed by atoms with Gasteiger partial charge in [0, 0.05) is 16.7 Å². The van der Waals surface area contributed by atoms with Crippen LogP contribution in [0.15, 0.2) is 84.9 Å². The van der Waals surface area contributed by atoms with Crippen molar-refractivity contribution in [1.29, 1.82) is 0 Å². The van der Waals surface area contributed by atoms with Crippen molar-refractivity contribution in [2.45, 2.75) is 0 Å². The van der Waals surface area contributed by atoms with Crippen LogP contribution in [0.1, 0.15) is 0 Å². The van der Waals surface area contributed by atoms with E-state index in [0.29, 0.717) is 28.8 Å². The van der Waals surface area contributed by atoms with Crippen LogP contribution in [0.2, 0.25) is 0 Å². The summed E-state index contributed by atoms with van der Waals surface area (Å²) in [5.41, 5.74) is 2.43. The molecule has 1 aromatic heterocycles. The van der Waals surface area contributed by atoms with Gasteiger partial charge in [-0.2, -0.15) is 0 Å². The van der Waals surface area contributed by atoms with Crippen LogP contribution in [0.5, 0.6) is 5.75 Å². The van der Waals surface area contributed by atoms with E-state index in [-0.39, 0.29) is 0 Å². The molecule has 7 heteroatoms. The van der Waals surface area contributed by atoms with Crippen LogP contribution in [0.25, 0.3) is 34.2 Å². The van der Waals surface area contributed by atoms with Gasteiger partial charge in [0.1, 0.15) is 5.75 Å². The Morgan fingerprint density at radius 1 is 0.571 bits per heavy atom. The first kappa shape index (κ1) is 17.8. The maximum absolute atomic E-state index is 9.04. The third-order valence-electron chi connectivity index (χ3n) is 4.03. The number of nitrogens with zero attached hydrogens (tertiary/aromatic N) is 3. The molecular weight excluding hydrogens is 353 g/mol. The fraction of sp³-hybridized carbons (Fsp3) is 0. The molecule has 0 saturated carbocycles. The normalized spacial score (nSPS) is 10.5. The molecule has 0 aliphatic rings. The van der Waals surface area contributed by atoms with E-state index in [9.17, 15) is 0 Å². The van der Waals surface area contributed by atoms with Gasteiger partial charge in [0.05, 0.1) is 0 Å². The SMILES string of the molecule is OB(O)Oc1cccc(-c2nc(-c3ccccc3)nc(-c3ccccc3)n2)c1. The molecule has 0 unspecified atom stereocenters. The molecule has 0 saturated heterocycles. The summed E-state index contributed by atoms with van der Waals surface area (Å²) in [4.78, 5) is 13.9. The fourth-order valence-corrected chi connectivity index (χ4v) is 2.77. The van der Waals surface area contributed by atoms with E-state index < -0.39 is 7.32 Å². The molecule has 6 nitrogen and oxygen atoms in total. The zero-order valence-corrected chi connectivity index (χ0v) is 14.8. The Labute approximate surface area is 162 Å². The molecule has 3 aromatic carbocycles. The number of hydrogen-bond donors (Lipinski definition) is 2. The smallest absolute Gasteiger partial charge is 0.512 e. The van der Waals surface area contributed by atoms with E-state index >= 15 is 0 Å². The first-order valence-electron chi connectivity index (χ1n) is 8.69. The Kier molecular flexibility index (Phi) is 5.10. The zero-order valence-electron chi connectivity index (χ0n) is 14.8. The molecule has 0 aliphatic carbocycles. The molecule has 0 atom stereocenters. The molecule has 28 heavy (non-hydrogen) atoms. The summed E-state index contributed by atoms with van der Waals surface area (Å²) in [6, 6.07) is 26.2. The molecule has 0 bridgehead atoms. The van der Waals surface area contributed by atoms with Crippen molar-refractivity contribution in [2.24, 2.45) is 0 Å². The topological polar surface area (TPSA) is 88.4 Å². The highest BCUT2D eigenvalue weighted by Gasteiger charge is 2.14. The minimum atomic E-state index is -1.90. The summed E-state index contributed by atoms with van der Waals surface area (Å²) in [5, 5.41) is 18.1. The molecule has 4 aromatic rings. The lowest BCUT2D eigenvalue weighted by Crippen LogP contribution is -2.20. The maximum atomic E-state index is 9.04. The molecule has 0 fully saturated rings. The van der Waals surface area contributed by atoms with Gasteiger partial charge < -0.3 is 14.7 Å². The molecule has 1 heterocycles. The van der Waals surface area contributed by atoms with E-state index in [0.717, 1.165) is 11.1 Å². The van der Waals surface area contributed by atoms with Crippen LogP contribution in [0.3, 0.4) is 0 Å². The van der Waals surface area contributed by atoms with Gasteiger partial charge in [-0.15, -0.1) is 0 Å². The predicted molar refractivity (Wildman–Crippen MR) is 107 cm³/mol. The Morgan fingerprint density at radius 2 is 1.04 bits per heavy atom. The predicted octanol–water partition coefficient (Wildman–Crippen LogP) is 3.22. The number of rotatable bonds is 5. The summed E-state index contributed by atoms with van der Waals surface area (Å²) in [6.45, 7) is 0. The van der Waals surface area contributed by atoms with E-state index in [2.05, 4.69) is 15.0 Å². The zero-order chi connectivity index (χ0) is 19.3. The highest BCUT2D eigenvalue weighted by molar-refractivity contribution is 6.33. The highest BCUT2D eigenvalue weighted by Crippen LogP contribution is 2.26. The van der Waals surface area contributed by atoms with Crippen molar-refractivity contribution < 1.29 is 14.7 Å². The van der Waals surface area contributed by atoms with Crippen molar-refractivity contribution >= 4 is 7.32 Å². The minimum absolute atomic E-state index is 0.301. The summed E-state index contributed by atoms with van der Waals surface area (Å²) in [6.07, 6.45) is 0. The quantitative estimate of drug-likeness (QED) is 0.525. The lowest BCUT2D eigenvalue weighted by Gasteiger charge is -2.10. The molecule has 0 aliphatic heterocycles. The van der Waals surface area contributed by atoms with Gasteiger partial charge >= 0.3 is 7.32 Å². The minimum Gasteiger partial charge on any atom is -0.512 e. The van der Waals surface area contributed by atoms with Crippen molar-refractivity contribution in [2.75, 3.05) is 0 Å². The first-order valence-corrected chi connectivity index (χ1v) is 8.69.